The van der Waals surface area contributed by atoms with Gasteiger partial charge in [0.2, 0.25) is 11.8 Å². The van der Waals surface area contributed by atoms with Crippen molar-refractivity contribution in [3.8, 4) is 0 Å². The number of nitrogens with zero attached hydrogens (tertiary/aromatic N) is 4. The lowest BCUT2D eigenvalue weighted by atomic mass is 10.1. The van der Waals surface area contributed by atoms with Crippen LogP contribution in [0.4, 0.5) is 11.5 Å². The highest BCUT2D eigenvalue weighted by atomic mass is 35.5. The summed E-state index contributed by atoms with van der Waals surface area (Å²) in [6.07, 6.45) is 4.58. The molecule has 0 radical (unpaired) electrons. The summed E-state index contributed by atoms with van der Waals surface area (Å²) in [5.74, 6) is -0.515. The number of carbonyl (C=O) groups excluding carboxylic acids is 2. The van der Waals surface area contributed by atoms with Gasteiger partial charge in [-0.15, -0.1) is 37.2 Å². The number of rotatable bonds is 6. The molecule has 2 aromatic rings. The molecule has 2 aliphatic rings. The molecular formula is C26H38Cl3N5O4. The van der Waals surface area contributed by atoms with E-state index in [-0.39, 0.29) is 60.5 Å². The van der Waals surface area contributed by atoms with Crippen LogP contribution in [0.25, 0.3) is 10.9 Å². The minimum absolute atomic E-state index is 0. The van der Waals surface area contributed by atoms with Crippen LogP contribution >= 0.6 is 37.2 Å². The number of aromatic carboxylic acids is 1. The molecule has 212 valence electrons. The Labute approximate surface area is 242 Å². The summed E-state index contributed by atoms with van der Waals surface area (Å²) in [7, 11) is 0. The van der Waals surface area contributed by atoms with Crippen molar-refractivity contribution in [3.63, 3.8) is 0 Å². The third-order valence-electron chi connectivity index (χ3n) is 6.83. The van der Waals surface area contributed by atoms with Gasteiger partial charge in [-0.25, -0.2) is 9.78 Å². The number of carbonyl (C=O) groups is 3. The maximum absolute atomic E-state index is 12.7. The van der Waals surface area contributed by atoms with Gasteiger partial charge in [-0.3, -0.25) is 14.5 Å². The second-order valence-electron chi connectivity index (χ2n) is 9.77. The fourth-order valence-corrected chi connectivity index (χ4v) is 4.66. The van der Waals surface area contributed by atoms with Gasteiger partial charge in [0, 0.05) is 56.3 Å². The molecule has 0 spiro atoms. The number of carboxylic acids is 1. The molecule has 0 saturated carbocycles. The molecule has 2 saturated heterocycles. The molecule has 0 atom stereocenters. The first-order valence-corrected chi connectivity index (χ1v) is 12.6. The quantitative estimate of drug-likeness (QED) is 0.516. The van der Waals surface area contributed by atoms with Crippen molar-refractivity contribution in [1.29, 1.82) is 0 Å². The molecule has 1 aromatic carbocycles. The summed E-state index contributed by atoms with van der Waals surface area (Å²) in [5.41, 5.74) is 1.28. The Bertz CT molecular complexity index is 1100. The molecule has 38 heavy (non-hydrogen) atoms. The fourth-order valence-electron chi connectivity index (χ4n) is 4.66. The lowest BCUT2D eigenvalue weighted by Crippen LogP contribution is -2.50. The Kier molecular flexibility index (Phi) is 13.6. The maximum atomic E-state index is 12.7. The number of benzene rings is 1. The zero-order valence-electron chi connectivity index (χ0n) is 21.9. The van der Waals surface area contributed by atoms with E-state index in [2.05, 4.69) is 15.1 Å². The van der Waals surface area contributed by atoms with E-state index in [9.17, 15) is 19.5 Å². The summed E-state index contributed by atoms with van der Waals surface area (Å²) >= 11 is 0. The number of carboxylic acid groups (broad SMARTS) is 1. The number of aromatic nitrogens is 1. The van der Waals surface area contributed by atoms with Crippen molar-refractivity contribution < 1.29 is 19.5 Å². The van der Waals surface area contributed by atoms with Crippen LogP contribution in [0.1, 0.15) is 49.9 Å². The summed E-state index contributed by atoms with van der Waals surface area (Å²) < 4.78 is 0. The van der Waals surface area contributed by atoms with Crippen molar-refractivity contribution in [3.05, 3.63) is 29.8 Å². The van der Waals surface area contributed by atoms with Gasteiger partial charge in [0.25, 0.3) is 0 Å². The number of likely N-dealkylation sites (tertiary alicyclic amines) is 1. The average Bonchev–Trinajstić information content (AvgIpc) is 3.13. The number of pyridine rings is 1. The molecule has 2 N–H and O–H groups in total. The zero-order valence-corrected chi connectivity index (χ0v) is 24.3. The third kappa shape index (κ3) is 8.33. The molecule has 2 fully saturated rings. The SMILES string of the molecule is CC(C)C(=O)Nc1ccc2nc(N3CCN(CC(=O)N4CCCCCC4)CC3)cc(C(=O)O)c2c1.Cl.Cl.Cl. The normalized spacial score (nSPS) is 16.1. The van der Waals surface area contributed by atoms with E-state index in [4.69, 9.17) is 4.98 Å². The Morgan fingerprint density at radius 2 is 1.55 bits per heavy atom. The smallest absolute Gasteiger partial charge is 0.336 e. The van der Waals surface area contributed by atoms with Gasteiger partial charge in [-0.05, 0) is 37.1 Å². The van der Waals surface area contributed by atoms with Gasteiger partial charge in [0.05, 0.1) is 17.6 Å². The van der Waals surface area contributed by atoms with Crippen LogP contribution in [0.15, 0.2) is 24.3 Å². The first kappa shape index (κ1) is 33.7. The van der Waals surface area contributed by atoms with Crippen molar-refractivity contribution in [2.24, 2.45) is 5.92 Å². The topological polar surface area (TPSA) is 106 Å². The predicted octanol–water partition coefficient (Wildman–Crippen LogP) is 4.32. The molecule has 0 aliphatic carbocycles. The van der Waals surface area contributed by atoms with Gasteiger partial charge in [-0.2, -0.15) is 0 Å². The number of halogens is 3. The average molecular weight is 591 g/mol. The Morgan fingerprint density at radius 3 is 2.13 bits per heavy atom. The van der Waals surface area contributed by atoms with E-state index in [1.807, 2.05) is 4.90 Å². The first-order valence-electron chi connectivity index (χ1n) is 12.6. The van der Waals surface area contributed by atoms with Crippen LogP contribution in [-0.2, 0) is 9.59 Å². The number of hydrogen-bond acceptors (Lipinski definition) is 6. The van der Waals surface area contributed by atoms with Gasteiger partial charge in [0.1, 0.15) is 5.82 Å². The number of piperazine rings is 1. The Morgan fingerprint density at radius 1 is 0.921 bits per heavy atom. The van der Waals surface area contributed by atoms with Gasteiger partial charge < -0.3 is 20.2 Å². The van der Waals surface area contributed by atoms with Crippen molar-refractivity contribution in [1.82, 2.24) is 14.8 Å². The van der Waals surface area contributed by atoms with Crippen LogP contribution in [0.2, 0.25) is 0 Å². The van der Waals surface area contributed by atoms with Crippen LogP contribution in [0.3, 0.4) is 0 Å². The van der Waals surface area contributed by atoms with Crippen LogP contribution in [0, 0.1) is 5.92 Å². The highest BCUT2D eigenvalue weighted by Gasteiger charge is 2.24. The zero-order chi connectivity index (χ0) is 24.9. The summed E-state index contributed by atoms with van der Waals surface area (Å²) in [6.45, 7) is 8.56. The molecule has 3 heterocycles. The van der Waals surface area contributed by atoms with Gasteiger partial charge in [-0.1, -0.05) is 26.7 Å². The molecule has 12 heteroatoms. The molecule has 0 unspecified atom stereocenters. The first-order chi connectivity index (χ1) is 16.8. The number of hydrogen-bond donors (Lipinski definition) is 2. The van der Waals surface area contributed by atoms with E-state index >= 15 is 0 Å². The van der Waals surface area contributed by atoms with E-state index in [0.717, 1.165) is 39.0 Å². The lowest BCUT2D eigenvalue weighted by molar-refractivity contribution is -0.132. The van der Waals surface area contributed by atoms with Gasteiger partial charge >= 0.3 is 5.97 Å². The fraction of sp³-hybridized carbons (Fsp3) is 0.538. The van der Waals surface area contributed by atoms with E-state index < -0.39 is 5.97 Å². The molecular weight excluding hydrogens is 553 g/mol. The van der Waals surface area contributed by atoms with E-state index in [1.165, 1.54) is 12.8 Å². The number of amides is 2. The molecule has 0 bridgehead atoms. The minimum Gasteiger partial charge on any atom is -0.478 e. The highest BCUT2D eigenvalue weighted by molar-refractivity contribution is 6.05. The molecule has 9 nitrogen and oxygen atoms in total. The number of anilines is 2. The lowest BCUT2D eigenvalue weighted by Gasteiger charge is -2.36. The van der Waals surface area contributed by atoms with Crippen molar-refractivity contribution in [2.75, 3.05) is 56.0 Å². The predicted molar refractivity (Wildman–Crippen MR) is 158 cm³/mol. The van der Waals surface area contributed by atoms with Gasteiger partial charge in [0.15, 0.2) is 0 Å². The third-order valence-corrected chi connectivity index (χ3v) is 6.83. The van der Waals surface area contributed by atoms with E-state index in [0.29, 0.717) is 42.0 Å². The monoisotopic (exact) mass is 589 g/mol. The molecule has 4 rings (SSSR count). The van der Waals surface area contributed by atoms with Crippen molar-refractivity contribution >= 4 is 77.4 Å². The molecule has 1 aromatic heterocycles. The second kappa shape index (κ2) is 15.3. The van der Waals surface area contributed by atoms with E-state index in [1.54, 1.807) is 38.1 Å². The van der Waals surface area contributed by atoms with Crippen LogP contribution in [0.5, 0.6) is 0 Å². The summed E-state index contributed by atoms with van der Waals surface area (Å²) in [6, 6.07) is 6.77. The second-order valence-corrected chi connectivity index (χ2v) is 9.77. The Hall–Kier alpha value is -2.33. The van der Waals surface area contributed by atoms with Crippen LogP contribution in [-0.4, -0.2) is 83.5 Å². The summed E-state index contributed by atoms with van der Waals surface area (Å²) in [4.78, 5) is 47.8. The number of nitrogens with one attached hydrogen (secondary N) is 1. The standard InChI is InChI=1S/C26H35N5O4.3ClH/c1-18(2)25(33)27-19-7-8-22-20(15-19)21(26(34)35)16-23(28-22)30-13-11-29(12-14-30)17-24(32)31-9-5-3-4-6-10-31;;;/h7-8,15-16,18H,3-6,9-14,17H2,1-2H3,(H,27,33)(H,34,35);3*1H. The minimum atomic E-state index is -1.03. The largest absolute Gasteiger partial charge is 0.478 e. The number of fused-ring (bicyclic) bond motifs is 1. The highest BCUT2D eigenvalue weighted by Crippen LogP contribution is 2.27. The molecule has 2 amide bonds. The molecule has 2 aliphatic heterocycles. The summed E-state index contributed by atoms with van der Waals surface area (Å²) in [5, 5.41) is 13.2. The Balaban J connectivity index is 0.00000241. The van der Waals surface area contributed by atoms with Crippen molar-refractivity contribution in [2.45, 2.75) is 39.5 Å². The van der Waals surface area contributed by atoms with Crippen LogP contribution < -0.4 is 10.2 Å². The maximum Gasteiger partial charge on any atom is 0.336 e.